The van der Waals surface area contributed by atoms with Crippen LogP contribution in [0.3, 0.4) is 0 Å². The summed E-state index contributed by atoms with van der Waals surface area (Å²) in [6, 6.07) is 15.7. The summed E-state index contributed by atoms with van der Waals surface area (Å²) in [5.41, 5.74) is 2.04. The third kappa shape index (κ3) is 5.71. The molecule has 31 heavy (non-hydrogen) atoms. The highest BCUT2D eigenvalue weighted by molar-refractivity contribution is 9.10. The molecule has 8 heteroatoms. The molecule has 1 saturated heterocycles. The van der Waals surface area contributed by atoms with Gasteiger partial charge in [0.25, 0.3) is 0 Å². The van der Waals surface area contributed by atoms with Crippen molar-refractivity contribution in [2.45, 2.75) is 19.4 Å². The minimum Gasteiger partial charge on any atom is -0.497 e. The summed E-state index contributed by atoms with van der Waals surface area (Å²) in [4.78, 5) is 16.8. The smallest absolute Gasteiger partial charge is 0.247 e. The second-order valence-corrected chi connectivity index (χ2v) is 8.43. The molecule has 0 bridgehead atoms. The number of amides is 1. The predicted molar refractivity (Wildman–Crippen MR) is 121 cm³/mol. The third-order valence-electron chi connectivity index (χ3n) is 5.43. The van der Waals surface area contributed by atoms with E-state index < -0.39 is 0 Å². The molecular formula is C23H25BrN4O3. The van der Waals surface area contributed by atoms with Crippen LogP contribution in [0.1, 0.15) is 17.9 Å². The molecule has 4 rings (SSSR count). The molecule has 0 atom stereocenters. The van der Waals surface area contributed by atoms with Gasteiger partial charge in [-0.3, -0.25) is 9.69 Å². The van der Waals surface area contributed by atoms with E-state index in [1.165, 1.54) is 0 Å². The van der Waals surface area contributed by atoms with Crippen molar-refractivity contribution >= 4 is 21.8 Å². The Morgan fingerprint density at radius 3 is 2.42 bits per heavy atom. The minimum atomic E-state index is 0.200. The summed E-state index contributed by atoms with van der Waals surface area (Å²) in [5, 5.41) is 8.34. The lowest BCUT2D eigenvalue weighted by Crippen LogP contribution is -2.48. The van der Waals surface area contributed by atoms with E-state index in [2.05, 4.69) is 31.0 Å². The van der Waals surface area contributed by atoms with Gasteiger partial charge in [-0.1, -0.05) is 28.1 Å². The first-order valence-corrected chi connectivity index (χ1v) is 11.1. The maximum Gasteiger partial charge on any atom is 0.247 e. The fraction of sp³-hybridized carbons (Fsp3) is 0.348. The highest BCUT2D eigenvalue weighted by Gasteiger charge is 2.22. The lowest BCUT2D eigenvalue weighted by Gasteiger charge is -2.34. The van der Waals surface area contributed by atoms with Gasteiger partial charge in [0.1, 0.15) is 5.75 Å². The quantitative estimate of drug-likeness (QED) is 0.507. The van der Waals surface area contributed by atoms with Crippen LogP contribution in [0.5, 0.6) is 5.75 Å². The SMILES string of the molecule is COc1ccc(CCC(=O)N2CCN(Cc3nnc(-c4ccc(Br)cc4)o3)CC2)cc1. The van der Waals surface area contributed by atoms with Gasteiger partial charge in [0.15, 0.2) is 0 Å². The van der Waals surface area contributed by atoms with Crippen molar-refractivity contribution < 1.29 is 13.9 Å². The second kappa shape index (κ2) is 10.1. The summed E-state index contributed by atoms with van der Waals surface area (Å²) in [6.07, 6.45) is 1.26. The lowest BCUT2D eigenvalue weighted by atomic mass is 10.1. The number of benzene rings is 2. The summed E-state index contributed by atoms with van der Waals surface area (Å²) < 4.78 is 12.0. The van der Waals surface area contributed by atoms with Crippen LogP contribution in [0.25, 0.3) is 11.5 Å². The van der Waals surface area contributed by atoms with Crippen LogP contribution in [0.15, 0.2) is 57.4 Å². The number of methoxy groups -OCH3 is 1. The van der Waals surface area contributed by atoms with E-state index in [-0.39, 0.29) is 5.91 Å². The molecule has 7 nitrogen and oxygen atoms in total. The number of nitrogens with zero attached hydrogens (tertiary/aromatic N) is 4. The van der Waals surface area contributed by atoms with Gasteiger partial charge in [0, 0.05) is 42.6 Å². The number of piperazine rings is 1. The van der Waals surface area contributed by atoms with Crippen molar-refractivity contribution in [1.82, 2.24) is 20.0 Å². The van der Waals surface area contributed by atoms with Crippen molar-refractivity contribution in [3.8, 4) is 17.2 Å². The van der Waals surface area contributed by atoms with Crippen molar-refractivity contribution in [3.05, 3.63) is 64.5 Å². The van der Waals surface area contributed by atoms with E-state index in [0.29, 0.717) is 24.7 Å². The van der Waals surface area contributed by atoms with Gasteiger partial charge in [-0.05, 0) is 48.4 Å². The van der Waals surface area contributed by atoms with Gasteiger partial charge >= 0.3 is 0 Å². The summed E-state index contributed by atoms with van der Waals surface area (Å²) in [7, 11) is 1.65. The van der Waals surface area contributed by atoms with Crippen molar-refractivity contribution in [2.24, 2.45) is 0 Å². The molecule has 3 aromatic rings. The van der Waals surface area contributed by atoms with Crippen LogP contribution in [-0.2, 0) is 17.8 Å². The van der Waals surface area contributed by atoms with Crippen LogP contribution < -0.4 is 4.74 Å². The zero-order valence-corrected chi connectivity index (χ0v) is 19.0. The standard InChI is InChI=1S/C23H25BrN4O3/c1-30-20-9-2-17(3-10-20)4-11-22(29)28-14-12-27(13-15-28)16-21-25-26-23(31-21)18-5-7-19(24)8-6-18/h2-3,5-10H,4,11-16H2,1H3. The van der Waals surface area contributed by atoms with Gasteiger partial charge in [0.2, 0.25) is 17.7 Å². The average Bonchev–Trinajstić information content (AvgIpc) is 3.27. The molecule has 1 aliphatic rings. The molecule has 1 aliphatic heterocycles. The maximum absolute atomic E-state index is 12.6. The number of rotatable bonds is 7. The number of halogens is 1. The van der Waals surface area contributed by atoms with Crippen LogP contribution in [0.4, 0.5) is 0 Å². The second-order valence-electron chi connectivity index (χ2n) is 7.51. The van der Waals surface area contributed by atoms with E-state index in [4.69, 9.17) is 9.15 Å². The number of carbonyl (C=O) groups excluding carboxylic acids is 1. The summed E-state index contributed by atoms with van der Waals surface area (Å²) in [6.45, 7) is 3.62. The normalized spacial score (nSPS) is 14.6. The number of aromatic nitrogens is 2. The zero-order valence-electron chi connectivity index (χ0n) is 17.5. The molecule has 1 amide bonds. The number of carbonyl (C=O) groups is 1. The van der Waals surface area contributed by atoms with Crippen LogP contribution >= 0.6 is 15.9 Å². The largest absolute Gasteiger partial charge is 0.497 e. The molecule has 0 spiro atoms. The maximum atomic E-state index is 12.6. The van der Waals surface area contributed by atoms with Crippen molar-refractivity contribution in [3.63, 3.8) is 0 Å². The molecule has 0 unspecified atom stereocenters. The predicted octanol–water partition coefficient (Wildman–Crippen LogP) is 3.78. The Morgan fingerprint density at radius 2 is 1.74 bits per heavy atom. The molecular weight excluding hydrogens is 460 g/mol. The van der Waals surface area contributed by atoms with Crippen molar-refractivity contribution in [2.75, 3.05) is 33.3 Å². The zero-order chi connectivity index (χ0) is 21.6. The Hall–Kier alpha value is -2.71. The highest BCUT2D eigenvalue weighted by atomic mass is 79.9. The molecule has 0 aliphatic carbocycles. The minimum absolute atomic E-state index is 0.200. The first kappa shape index (κ1) is 21.5. The van der Waals surface area contributed by atoms with Crippen LogP contribution in [-0.4, -0.2) is 59.2 Å². The van der Waals surface area contributed by atoms with Gasteiger partial charge < -0.3 is 14.1 Å². The van der Waals surface area contributed by atoms with Gasteiger partial charge in [-0.15, -0.1) is 10.2 Å². The van der Waals surface area contributed by atoms with E-state index in [1.54, 1.807) is 7.11 Å². The monoisotopic (exact) mass is 484 g/mol. The first-order valence-electron chi connectivity index (χ1n) is 10.3. The summed E-state index contributed by atoms with van der Waals surface area (Å²) >= 11 is 3.42. The third-order valence-corrected chi connectivity index (χ3v) is 5.96. The number of hydrogen-bond donors (Lipinski definition) is 0. The van der Waals surface area contributed by atoms with Crippen LogP contribution in [0.2, 0.25) is 0 Å². The molecule has 0 radical (unpaired) electrons. The molecule has 2 heterocycles. The van der Waals surface area contributed by atoms with Gasteiger partial charge in [0.05, 0.1) is 13.7 Å². The Bertz CT molecular complexity index is 996. The molecule has 0 N–H and O–H groups in total. The lowest BCUT2D eigenvalue weighted by molar-refractivity contribution is -0.133. The van der Waals surface area contributed by atoms with E-state index >= 15 is 0 Å². The fourth-order valence-corrected chi connectivity index (χ4v) is 3.84. The van der Waals surface area contributed by atoms with Gasteiger partial charge in [-0.2, -0.15) is 0 Å². The summed E-state index contributed by atoms with van der Waals surface area (Å²) in [5.74, 6) is 2.15. The average molecular weight is 485 g/mol. The van der Waals surface area contributed by atoms with E-state index in [9.17, 15) is 4.79 Å². The molecule has 1 aromatic heterocycles. The molecule has 1 fully saturated rings. The molecule has 0 saturated carbocycles. The Labute approximate surface area is 190 Å². The number of ether oxygens (including phenoxy) is 1. The topological polar surface area (TPSA) is 71.7 Å². The highest BCUT2D eigenvalue weighted by Crippen LogP contribution is 2.21. The number of hydrogen-bond acceptors (Lipinski definition) is 6. The Morgan fingerprint density at radius 1 is 1.03 bits per heavy atom. The molecule has 162 valence electrons. The number of aryl methyl sites for hydroxylation is 1. The van der Waals surface area contributed by atoms with E-state index in [0.717, 1.165) is 53.9 Å². The Balaban J connectivity index is 1.23. The van der Waals surface area contributed by atoms with Gasteiger partial charge in [-0.25, -0.2) is 0 Å². The molecule has 2 aromatic carbocycles. The Kier molecular flexibility index (Phi) is 6.99. The van der Waals surface area contributed by atoms with E-state index in [1.807, 2.05) is 53.4 Å². The van der Waals surface area contributed by atoms with Crippen molar-refractivity contribution in [1.29, 1.82) is 0 Å². The first-order chi connectivity index (χ1) is 15.1. The fourth-order valence-electron chi connectivity index (χ4n) is 3.57. The van der Waals surface area contributed by atoms with Crippen LogP contribution in [0, 0.1) is 0 Å².